The molecule has 1 aromatic rings. The van der Waals surface area contributed by atoms with E-state index in [0.717, 1.165) is 5.56 Å². The highest BCUT2D eigenvalue weighted by atomic mass is 16.5. The molecule has 1 atom stereocenters. The van der Waals surface area contributed by atoms with E-state index in [-0.39, 0.29) is 12.0 Å². The van der Waals surface area contributed by atoms with Gasteiger partial charge in [-0.3, -0.25) is 4.79 Å². The maximum atomic E-state index is 11.3. The predicted molar refractivity (Wildman–Crippen MR) is 64.1 cm³/mol. The molecule has 0 aromatic heterocycles. The Morgan fingerprint density at radius 3 is 2.44 bits per heavy atom. The number of esters is 1. The zero-order valence-corrected chi connectivity index (χ0v) is 10.1. The zero-order chi connectivity index (χ0) is 12.0. The van der Waals surface area contributed by atoms with E-state index < -0.39 is 0 Å². The lowest BCUT2D eigenvalue weighted by molar-refractivity contribution is -0.141. The van der Waals surface area contributed by atoms with Gasteiger partial charge >= 0.3 is 5.97 Å². The third-order valence-electron chi connectivity index (χ3n) is 2.33. The van der Waals surface area contributed by atoms with Gasteiger partial charge in [-0.2, -0.15) is 0 Å². The van der Waals surface area contributed by atoms with Crippen LogP contribution in [0, 0.1) is 0 Å². The molecule has 1 unspecified atom stereocenters. The summed E-state index contributed by atoms with van der Waals surface area (Å²) < 4.78 is 4.70. The lowest BCUT2D eigenvalue weighted by Gasteiger charge is -2.20. The van der Waals surface area contributed by atoms with Crippen molar-refractivity contribution in [2.75, 3.05) is 7.11 Å². The summed E-state index contributed by atoms with van der Waals surface area (Å²) in [7, 11) is 1.42. The molecule has 0 saturated carbocycles. The SMILES string of the molecule is COC(=O)CC(NC(C)C)c1ccccc1. The van der Waals surface area contributed by atoms with Gasteiger partial charge < -0.3 is 10.1 Å². The second kappa shape index (κ2) is 6.28. The molecule has 0 aliphatic heterocycles. The van der Waals surface area contributed by atoms with Crippen molar-refractivity contribution in [3.8, 4) is 0 Å². The van der Waals surface area contributed by atoms with Gasteiger partial charge in [0.2, 0.25) is 0 Å². The van der Waals surface area contributed by atoms with Crippen molar-refractivity contribution in [3.63, 3.8) is 0 Å². The van der Waals surface area contributed by atoms with E-state index in [4.69, 9.17) is 4.74 Å². The third kappa shape index (κ3) is 4.03. The van der Waals surface area contributed by atoms with E-state index in [9.17, 15) is 4.79 Å². The first-order valence-corrected chi connectivity index (χ1v) is 5.51. The number of methoxy groups -OCH3 is 1. The Kier molecular flexibility index (Phi) is 4.99. The van der Waals surface area contributed by atoms with Crippen molar-refractivity contribution in [2.24, 2.45) is 0 Å². The fourth-order valence-corrected chi connectivity index (χ4v) is 1.61. The Hall–Kier alpha value is -1.35. The van der Waals surface area contributed by atoms with Crippen LogP contribution in [0.2, 0.25) is 0 Å². The highest BCUT2D eigenvalue weighted by molar-refractivity contribution is 5.70. The second-order valence-corrected chi connectivity index (χ2v) is 4.06. The summed E-state index contributed by atoms with van der Waals surface area (Å²) in [6.07, 6.45) is 0.360. The molecule has 88 valence electrons. The minimum atomic E-state index is -0.193. The molecule has 16 heavy (non-hydrogen) atoms. The molecular formula is C13H19NO2. The minimum Gasteiger partial charge on any atom is -0.469 e. The molecule has 3 nitrogen and oxygen atoms in total. The Bertz CT molecular complexity index is 322. The molecule has 0 heterocycles. The van der Waals surface area contributed by atoms with Crippen LogP contribution in [0.3, 0.4) is 0 Å². The van der Waals surface area contributed by atoms with Gasteiger partial charge in [-0.05, 0) is 5.56 Å². The number of rotatable bonds is 5. The molecular weight excluding hydrogens is 202 g/mol. The Balaban J connectivity index is 2.75. The van der Waals surface area contributed by atoms with E-state index in [2.05, 4.69) is 19.2 Å². The minimum absolute atomic E-state index is 0.0219. The van der Waals surface area contributed by atoms with Gasteiger partial charge in [-0.1, -0.05) is 44.2 Å². The fourth-order valence-electron chi connectivity index (χ4n) is 1.61. The normalized spacial score (nSPS) is 12.5. The third-order valence-corrected chi connectivity index (χ3v) is 2.33. The Morgan fingerprint density at radius 2 is 1.94 bits per heavy atom. The van der Waals surface area contributed by atoms with Crippen LogP contribution in [0.4, 0.5) is 0 Å². The standard InChI is InChI=1S/C13H19NO2/c1-10(2)14-12(9-13(15)16-3)11-7-5-4-6-8-11/h4-8,10,12,14H,9H2,1-3H3. The smallest absolute Gasteiger partial charge is 0.307 e. The first kappa shape index (κ1) is 12.7. The average Bonchev–Trinajstić information content (AvgIpc) is 2.28. The predicted octanol–water partition coefficient (Wildman–Crippen LogP) is 2.29. The van der Waals surface area contributed by atoms with Gasteiger partial charge in [0.25, 0.3) is 0 Å². The number of carbonyl (C=O) groups is 1. The van der Waals surface area contributed by atoms with Crippen LogP contribution in [0.15, 0.2) is 30.3 Å². The van der Waals surface area contributed by atoms with Crippen LogP contribution in [-0.4, -0.2) is 19.1 Å². The summed E-state index contributed by atoms with van der Waals surface area (Å²) in [5.41, 5.74) is 1.11. The highest BCUT2D eigenvalue weighted by Crippen LogP contribution is 2.17. The number of hydrogen-bond acceptors (Lipinski definition) is 3. The van der Waals surface area contributed by atoms with Crippen molar-refractivity contribution in [3.05, 3.63) is 35.9 Å². The molecule has 1 rings (SSSR count). The van der Waals surface area contributed by atoms with E-state index in [1.165, 1.54) is 7.11 Å². The second-order valence-electron chi connectivity index (χ2n) is 4.06. The van der Waals surface area contributed by atoms with E-state index in [0.29, 0.717) is 12.5 Å². The molecule has 0 aliphatic carbocycles. The molecule has 1 N–H and O–H groups in total. The Labute approximate surface area is 96.8 Å². The van der Waals surface area contributed by atoms with Gasteiger partial charge in [-0.25, -0.2) is 0 Å². The van der Waals surface area contributed by atoms with Crippen LogP contribution in [-0.2, 0) is 9.53 Å². The molecule has 0 aliphatic rings. The summed E-state index contributed by atoms with van der Waals surface area (Å²) in [4.78, 5) is 11.3. The Morgan fingerprint density at radius 1 is 1.31 bits per heavy atom. The van der Waals surface area contributed by atoms with Gasteiger partial charge in [0.1, 0.15) is 0 Å². The molecule has 0 amide bonds. The summed E-state index contributed by atoms with van der Waals surface area (Å²) in [5, 5.41) is 3.36. The van der Waals surface area contributed by atoms with Gasteiger partial charge in [0.05, 0.1) is 13.5 Å². The van der Waals surface area contributed by atoms with E-state index in [1.807, 2.05) is 30.3 Å². The summed E-state index contributed by atoms with van der Waals surface area (Å²) in [6, 6.07) is 10.3. The molecule has 0 saturated heterocycles. The summed E-state index contributed by atoms with van der Waals surface area (Å²) >= 11 is 0. The number of ether oxygens (including phenoxy) is 1. The van der Waals surface area contributed by atoms with Crippen LogP contribution in [0.1, 0.15) is 31.9 Å². The highest BCUT2D eigenvalue weighted by Gasteiger charge is 2.16. The lowest BCUT2D eigenvalue weighted by atomic mass is 10.0. The number of nitrogens with one attached hydrogen (secondary N) is 1. The molecule has 0 fully saturated rings. The van der Waals surface area contributed by atoms with E-state index in [1.54, 1.807) is 0 Å². The van der Waals surface area contributed by atoms with Gasteiger partial charge in [-0.15, -0.1) is 0 Å². The van der Waals surface area contributed by atoms with Crippen LogP contribution >= 0.6 is 0 Å². The molecule has 3 heteroatoms. The van der Waals surface area contributed by atoms with Crippen molar-refractivity contribution in [1.82, 2.24) is 5.32 Å². The van der Waals surface area contributed by atoms with Crippen molar-refractivity contribution in [2.45, 2.75) is 32.4 Å². The van der Waals surface area contributed by atoms with Gasteiger partial charge in [0, 0.05) is 12.1 Å². The number of hydrogen-bond donors (Lipinski definition) is 1. The first-order valence-electron chi connectivity index (χ1n) is 5.51. The largest absolute Gasteiger partial charge is 0.469 e. The lowest BCUT2D eigenvalue weighted by Crippen LogP contribution is -2.30. The van der Waals surface area contributed by atoms with E-state index >= 15 is 0 Å². The topological polar surface area (TPSA) is 38.3 Å². The maximum absolute atomic E-state index is 11.3. The van der Waals surface area contributed by atoms with Crippen molar-refractivity contribution < 1.29 is 9.53 Å². The average molecular weight is 221 g/mol. The maximum Gasteiger partial charge on any atom is 0.307 e. The van der Waals surface area contributed by atoms with Crippen molar-refractivity contribution in [1.29, 1.82) is 0 Å². The number of benzene rings is 1. The fraction of sp³-hybridized carbons (Fsp3) is 0.462. The number of carbonyl (C=O) groups excluding carboxylic acids is 1. The molecule has 1 aromatic carbocycles. The van der Waals surface area contributed by atoms with Crippen LogP contribution in [0.5, 0.6) is 0 Å². The molecule has 0 spiro atoms. The van der Waals surface area contributed by atoms with Crippen LogP contribution in [0.25, 0.3) is 0 Å². The van der Waals surface area contributed by atoms with Gasteiger partial charge in [0.15, 0.2) is 0 Å². The van der Waals surface area contributed by atoms with Crippen LogP contribution < -0.4 is 5.32 Å². The summed E-state index contributed by atoms with van der Waals surface area (Å²) in [6.45, 7) is 4.13. The monoisotopic (exact) mass is 221 g/mol. The molecule has 0 bridgehead atoms. The quantitative estimate of drug-likeness (QED) is 0.775. The summed E-state index contributed by atoms with van der Waals surface area (Å²) in [5.74, 6) is -0.193. The zero-order valence-electron chi connectivity index (χ0n) is 10.1. The first-order chi connectivity index (χ1) is 7.63. The van der Waals surface area contributed by atoms with Crippen molar-refractivity contribution >= 4 is 5.97 Å². The molecule has 0 radical (unpaired) electrons.